The summed E-state index contributed by atoms with van der Waals surface area (Å²) in [6.07, 6.45) is 0. The van der Waals surface area contributed by atoms with Gasteiger partial charge in [0.25, 0.3) is 0 Å². The zero-order valence-corrected chi connectivity index (χ0v) is 16.7. The number of aromatic hydroxyl groups is 1. The Labute approximate surface area is 151 Å². The molecule has 1 N–H and O–H groups in total. The van der Waals surface area contributed by atoms with E-state index in [1.165, 1.54) is 11.1 Å². The van der Waals surface area contributed by atoms with Crippen LogP contribution in [-0.4, -0.2) is 5.11 Å². The molecule has 25 heavy (non-hydrogen) atoms. The van der Waals surface area contributed by atoms with Gasteiger partial charge in [-0.25, -0.2) is 0 Å². The second-order valence-corrected chi connectivity index (χ2v) is 8.86. The number of rotatable bonds is 2. The number of phenols is 1. The molecule has 0 bridgehead atoms. The van der Waals surface area contributed by atoms with Crippen LogP contribution in [0, 0.1) is 13.8 Å². The Hall–Kier alpha value is -2.16. The first kappa shape index (κ1) is 19.2. The third kappa shape index (κ3) is 4.47. The summed E-state index contributed by atoms with van der Waals surface area (Å²) in [6.45, 7) is 16.9. The number of azo groups is 1. The van der Waals surface area contributed by atoms with Gasteiger partial charge in [-0.05, 0) is 59.6 Å². The summed E-state index contributed by atoms with van der Waals surface area (Å²) in [6, 6.07) is 10.0. The number of hydrogen-bond acceptors (Lipinski definition) is 3. The van der Waals surface area contributed by atoms with Crippen molar-refractivity contribution in [1.29, 1.82) is 0 Å². The summed E-state index contributed by atoms with van der Waals surface area (Å²) in [5.74, 6) is 0.216. The lowest BCUT2D eigenvalue weighted by molar-refractivity contribution is 0.446. The van der Waals surface area contributed by atoms with Gasteiger partial charge < -0.3 is 5.11 Å². The van der Waals surface area contributed by atoms with Crippen LogP contribution in [0.3, 0.4) is 0 Å². The molecule has 0 amide bonds. The van der Waals surface area contributed by atoms with Crippen molar-refractivity contribution in [2.24, 2.45) is 10.2 Å². The lowest BCUT2D eigenvalue weighted by Crippen LogP contribution is -2.16. The summed E-state index contributed by atoms with van der Waals surface area (Å²) in [4.78, 5) is 0. The second-order valence-electron chi connectivity index (χ2n) is 8.86. The van der Waals surface area contributed by atoms with Gasteiger partial charge >= 0.3 is 0 Å². The predicted octanol–water partition coefficient (Wildman–Crippen LogP) is 7.02. The van der Waals surface area contributed by atoms with Crippen LogP contribution in [0.15, 0.2) is 40.6 Å². The fraction of sp³-hybridized carbons (Fsp3) is 0.455. The molecule has 2 rings (SSSR count). The van der Waals surface area contributed by atoms with Crippen LogP contribution in [0.25, 0.3) is 0 Å². The zero-order chi connectivity index (χ0) is 19.0. The highest BCUT2D eigenvalue weighted by Gasteiger charge is 2.25. The minimum atomic E-state index is -0.171. The number of benzene rings is 2. The SMILES string of the molecule is Cc1ccc(N=Nc2cc(C(C)(C)C)cc(C(C)(C)C)c2O)cc1C. The Morgan fingerprint density at radius 1 is 0.760 bits per heavy atom. The molecule has 0 atom stereocenters. The minimum Gasteiger partial charge on any atom is -0.505 e. The van der Waals surface area contributed by atoms with Crippen LogP contribution in [0.1, 0.15) is 63.8 Å². The molecule has 0 aliphatic carbocycles. The van der Waals surface area contributed by atoms with Crippen LogP contribution in [0.4, 0.5) is 11.4 Å². The molecule has 3 nitrogen and oxygen atoms in total. The topological polar surface area (TPSA) is 45.0 Å². The van der Waals surface area contributed by atoms with Gasteiger partial charge in [0.15, 0.2) is 0 Å². The van der Waals surface area contributed by atoms with Crippen molar-refractivity contribution >= 4 is 11.4 Å². The van der Waals surface area contributed by atoms with Crippen molar-refractivity contribution in [3.05, 3.63) is 52.6 Å². The summed E-state index contributed by atoms with van der Waals surface area (Å²) < 4.78 is 0. The van der Waals surface area contributed by atoms with E-state index in [1.807, 2.05) is 24.3 Å². The van der Waals surface area contributed by atoms with E-state index < -0.39 is 0 Å². The fourth-order valence-electron chi connectivity index (χ4n) is 2.60. The molecule has 0 aliphatic heterocycles. The molecule has 2 aromatic carbocycles. The molecule has 3 heteroatoms. The first-order chi connectivity index (χ1) is 11.4. The highest BCUT2D eigenvalue weighted by Crippen LogP contribution is 2.42. The maximum atomic E-state index is 10.7. The van der Waals surface area contributed by atoms with Gasteiger partial charge in [-0.2, -0.15) is 5.11 Å². The Morgan fingerprint density at radius 2 is 1.40 bits per heavy atom. The maximum absolute atomic E-state index is 10.7. The molecular weight excluding hydrogens is 308 g/mol. The van der Waals surface area contributed by atoms with E-state index in [1.54, 1.807) is 0 Å². The zero-order valence-electron chi connectivity index (χ0n) is 16.7. The molecule has 0 saturated carbocycles. The summed E-state index contributed by atoms with van der Waals surface area (Å²) in [7, 11) is 0. The monoisotopic (exact) mass is 338 g/mol. The molecule has 0 heterocycles. The normalized spacial score (nSPS) is 12.8. The van der Waals surface area contributed by atoms with E-state index in [9.17, 15) is 5.11 Å². The smallest absolute Gasteiger partial charge is 0.146 e. The molecular formula is C22H30N2O. The van der Waals surface area contributed by atoms with E-state index in [0.29, 0.717) is 5.69 Å². The van der Waals surface area contributed by atoms with Crippen molar-refractivity contribution < 1.29 is 5.11 Å². The predicted molar refractivity (Wildman–Crippen MR) is 106 cm³/mol. The summed E-state index contributed by atoms with van der Waals surface area (Å²) in [5.41, 5.74) is 5.56. The Bertz CT molecular complexity index is 806. The van der Waals surface area contributed by atoms with Crippen LogP contribution in [-0.2, 0) is 10.8 Å². The van der Waals surface area contributed by atoms with Gasteiger partial charge in [0, 0.05) is 5.56 Å². The van der Waals surface area contributed by atoms with Crippen molar-refractivity contribution in [2.45, 2.75) is 66.2 Å². The van der Waals surface area contributed by atoms with E-state index in [-0.39, 0.29) is 16.6 Å². The van der Waals surface area contributed by atoms with Gasteiger partial charge in [0.1, 0.15) is 11.4 Å². The highest BCUT2D eigenvalue weighted by atomic mass is 16.3. The van der Waals surface area contributed by atoms with Crippen molar-refractivity contribution in [3.63, 3.8) is 0 Å². The Balaban J connectivity index is 2.55. The van der Waals surface area contributed by atoms with E-state index >= 15 is 0 Å². The van der Waals surface area contributed by atoms with Crippen LogP contribution >= 0.6 is 0 Å². The molecule has 0 radical (unpaired) electrons. The van der Waals surface area contributed by atoms with Gasteiger partial charge in [-0.1, -0.05) is 53.7 Å². The van der Waals surface area contributed by atoms with Gasteiger partial charge in [-0.15, -0.1) is 5.11 Å². The van der Waals surface area contributed by atoms with Gasteiger partial charge in [0.05, 0.1) is 5.69 Å². The number of nitrogens with zero attached hydrogens (tertiary/aromatic N) is 2. The van der Waals surface area contributed by atoms with E-state index in [4.69, 9.17) is 0 Å². The lowest BCUT2D eigenvalue weighted by atomic mass is 9.80. The Kier molecular flexibility index (Phi) is 5.08. The third-order valence-corrected chi connectivity index (χ3v) is 4.53. The molecule has 0 aliphatic rings. The summed E-state index contributed by atoms with van der Waals surface area (Å²) in [5, 5.41) is 19.5. The first-order valence-corrected chi connectivity index (χ1v) is 8.76. The quantitative estimate of drug-likeness (QED) is 0.587. The molecule has 0 aromatic heterocycles. The second kappa shape index (κ2) is 6.62. The average Bonchev–Trinajstić information content (AvgIpc) is 2.47. The standard InChI is InChI=1S/C22H30N2O/c1-14-9-10-17(11-15(14)2)23-24-19-13-16(21(3,4)5)12-18(20(19)25)22(6,7)8/h9-13,25H,1-8H3. The lowest BCUT2D eigenvalue weighted by Gasteiger charge is -2.26. The minimum absolute atomic E-state index is 0.0293. The average molecular weight is 338 g/mol. The maximum Gasteiger partial charge on any atom is 0.146 e. The molecule has 0 spiro atoms. The van der Waals surface area contributed by atoms with Crippen molar-refractivity contribution in [2.75, 3.05) is 0 Å². The van der Waals surface area contributed by atoms with Crippen LogP contribution in [0.2, 0.25) is 0 Å². The van der Waals surface area contributed by atoms with Gasteiger partial charge in [0.2, 0.25) is 0 Å². The molecule has 0 fully saturated rings. The van der Waals surface area contributed by atoms with E-state index in [0.717, 1.165) is 16.8 Å². The molecule has 0 unspecified atom stereocenters. The van der Waals surface area contributed by atoms with Gasteiger partial charge in [-0.3, -0.25) is 0 Å². The van der Waals surface area contributed by atoms with Crippen LogP contribution in [0.5, 0.6) is 5.75 Å². The third-order valence-electron chi connectivity index (χ3n) is 4.53. The molecule has 134 valence electrons. The molecule has 0 saturated heterocycles. The molecule has 2 aromatic rings. The number of hydrogen-bond donors (Lipinski definition) is 1. The number of phenolic OH excluding ortho intramolecular Hbond substituents is 1. The van der Waals surface area contributed by atoms with Crippen molar-refractivity contribution in [3.8, 4) is 5.75 Å². The first-order valence-electron chi connectivity index (χ1n) is 8.76. The van der Waals surface area contributed by atoms with Crippen molar-refractivity contribution in [1.82, 2.24) is 0 Å². The largest absolute Gasteiger partial charge is 0.505 e. The number of aryl methyl sites for hydroxylation is 2. The Morgan fingerprint density at radius 3 is 1.92 bits per heavy atom. The fourth-order valence-corrected chi connectivity index (χ4v) is 2.60. The van der Waals surface area contributed by atoms with E-state index in [2.05, 4.69) is 71.7 Å². The highest BCUT2D eigenvalue weighted by molar-refractivity contribution is 5.60. The summed E-state index contributed by atoms with van der Waals surface area (Å²) >= 11 is 0. The van der Waals surface area contributed by atoms with Crippen LogP contribution < -0.4 is 0 Å².